The lowest BCUT2D eigenvalue weighted by molar-refractivity contribution is 0.0998. The SMILES string of the molecule is CCCNc1nnc(CN2CCN(C)C(C)C2)s1. The molecule has 0 radical (unpaired) electrons. The van der Waals surface area contributed by atoms with Crippen molar-refractivity contribution in [2.75, 3.05) is 38.5 Å². The summed E-state index contributed by atoms with van der Waals surface area (Å²) < 4.78 is 0. The number of anilines is 1. The van der Waals surface area contributed by atoms with Crippen LogP contribution in [0.5, 0.6) is 0 Å². The van der Waals surface area contributed by atoms with Crippen LogP contribution < -0.4 is 5.32 Å². The van der Waals surface area contributed by atoms with E-state index in [1.165, 1.54) is 0 Å². The van der Waals surface area contributed by atoms with Crippen LogP contribution in [0, 0.1) is 0 Å². The fraction of sp³-hybridized carbons (Fsp3) is 0.833. The van der Waals surface area contributed by atoms with Gasteiger partial charge in [0.05, 0.1) is 6.54 Å². The van der Waals surface area contributed by atoms with Crippen molar-refractivity contribution in [2.45, 2.75) is 32.9 Å². The molecule has 2 rings (SSSR count). The van der Waals surface area contributed by atoms with Crippen molar-refractivity contribution in [3.8, 4) is 0 Å². The van der Waals surface area contributed by atoms with Gasteiger partial charge in [0.15, 0.2) is 0 Å². The van der Waals surface area contributed by atoms with E-state index < -0.39 is 0 Å². The van der Waals surface area contributed by atoms with Gasteiger partial charge in [-0.25, -0.2) is 0 Å². The van der Waals surface area contributed by atoms with E-state index in [0.29, 0.717) is 6.04 Å². The van der Waals surface area contributed by atoms with Crippen LogP contribution in [0.1, 0.15) is 25.3 Å². The van der Waals surface area contributed by atoms with E-state index in [9.17, 15) is 0 Å². The Bertz CT molecular complexity index is 367. The summed E-state index contributed by atoms with van der Waals surface area (Å²) in [5, 5.41) is 13.8. The Morgan fingerprint density at radius 3 is 2.94 bits per heavy atom. The van der Waals surface area contributed by atoms with Gasteiger partial charge in [0.25, 0.3) is 0 Å². The quantitative estimate of drug-likeness (QED) is 0.877. The van der Waals surface area contributed by atoms with Gasteiger partial charge in [0.2, 0.25) is 5.13 Å². The summed E-state index contributed by atoms with van der Waals surface area (Å²) in [7, 11) is 2.19. The zero-order chi connectivity index (χ0) is 13.0. The van der Waals surface area contributed by atoms with E-state index in [-0.39, 0.29) is 0 Å². The first-order chi connectivity index (χ1) is 8.69. The van der Waals surface area contributed by atoms with Gasteiger partial charge in [-0.05, 0) is 20.4 Å². The predicted molar refractivity (Wildman–Crippen MR) is 76.1 cm³/mol. The molecule has 1 N–H and O–H groups in total. The van der Waals surface area contributed by atoms with Crippen molar-refractivity contribution in [2.24, 2.45) is 0 Å². The van der Waals surface area contributed by atoms with Gasteiger partial charge >= 0.3 is 0 Å². The van der Waals surface area contributed by atoms with Gasteiger partial charge in [-0.15, -0.1) is 10.2 Å². The van der Waals surface area contributed by atoms with Crippen LogP contribution in [0.15, 0.2) is 0 Å². The van der Waals surface area contributed by atoms with Crippen molar-refractivity contribution in [3.05, 3.63) is 5.01 Å². The highest BCUT2D eigenvalue weighted by Crippen LogP contribution is 2.18. The lowest BCUT2D eigenvalue weighted by atomic mass is 10.2. The molecule has 2 heterocycles. The first-order valence-corrected chi connectivity index (χ1v) is 7.49. The second kappa shape index (κ2) is 6.45. The molecule has 1 fully saturated rings. The van der Waals surface area contributed by atoms with Gasteiger partial charge < -0.3 is 10.2 Å². The number of hydrogen-bond donors (Lipinski definition) is 1. The summed E-state index contributed by atoms with van der Waals surface area (Å²) in [6, 6.07) is 0.629. The molecule has 0 aromatic carbocycles. The molecule has 5 nitrogen and oxygen atoms in total. The molecule has 1 saturated heterocycles. The van der Waals surface area contributed by atoms with Crippen molar-refractivity contribution in [3.63, 3.8) is 0 Å². The maximum Gasteiger partial charge on any atom is 0.205 e. The van der Waals surface area contributed by atoms with Crippen LogP contribution in [0.4, 0.5) is 5.13 Å². The van der Waals surface area contributed by atoms with Gasteiger partial charge in [-0.3, -0.25) is 4.90 Å². The normalized spacial score (nSPS) is 22.3. The molecule has 0 saturated carbocycles. The molecule has 102 valence electrons. The second-order valence-electron chi connectivity index (χ2n) is 4.99. The standard InChI is InChI=1S/C12H23N5S/c1-4-5-13-12-15-14-11(18-12)9-17-7-6-16(3)10(2)8-17/h10H,4-9H2,1-3H3,(H,13,15). The van der Waals surface area contributed by atoms with E-state index in [1.807, 2.05) is 0 Å². The summed E-state index contributed by atoms with van der Waals surface area (Å²) in [4.78, 5) is 4.87. The molecule has 0 aliphatic carbocycles. The topological polar surface area (TPSA) is 44.3 Å². The molecule has 0 spiro atoms. The number of hydrogen-bond acceptors (Lipinski definition) is 6. The number of likely N-dealkylation sites (N-methyl/N-ethyl adjacent to an activating group) is 1. The van der Waals surface area contributed by atoms with Gasteiger partial charge in [-0.1, -0.05) is 18.3 Å². The molecule has 1 unspecified atom stereocenters. The van der Waals surface area contributed by atoms with Crippen molar-refractivity contribution in [1.82, 2.24) is 20.0 Å². The van der Waals surface area contributed by atoms with Crippen LogP contribution in [0.2, 0.25) is 0 Å². The number of nitrogens with one attached hydrogen (secondary N) is 1. The third-order valence-electron chi connectivity index (χ3n) is 3.40. The van der Waals surface area contributed by atoms with E-state index in [0.717, 1.165) is 49.3 Å². The van der Waals surface area contributed by atoms with Crippen LogP contribution in [-0.2, 0) is 6.54 Å². The molecule has 0 amide bonds. The molecule has 0 bridgehead atoms. The average Bonchev–Trinajstić information content (AvgIpc) is 2.79. The summed E-state index contributed by atoms with van der Waals surface area (Å²) in [5.74, 6) is 0. The minimum absolute atomic E-state index is 0.629. The maximum absolute atomic E-state index is 4.26. The molecule has 18 heavy (non-hydrogen) atoms. The predicted octanol–water partition coefficient (Wildman–Crippen LogP) is 1.50. The van der Waals surface area contributed by atoms with E-state index in [4.69, 9.17) is 0 Å². The van der Waals surface area contributed by atoms with Gasteiger partial charge in [0, 0.05) is 32.2 Å². The highest BCUT2D eigenvalue weighted by atomic mass is 32.1. The highest BCUT2D eigenvalue weighted by molar-refractivity contribution is 7.15. The fourth-order valence-electron chi connectivity index (χ4n) is 2.08. The molecule has 6 heteroatoms. The third kappa shape index (κ3) is 3.63. The van der Waals surface area contributed by atoms with Gasteiger partial charge in [0.1, 0.15) is 5.01 Å². The summed E-state index contributed by atoms with van der Waals surface area (Å²) in [6.45, 7) is 9.72. The Kier molecular flexibility index (Phi) is 4.91. The second-order valence-corrected chi connectivity index (χ2v) is 6.05. The van der Waals surface area contributed by atoms with E-state index in [2.05, 4.69) is 46.2 Å². The molecule has 1 aliphatic rings. The molecular weight excluding hydrogens is 246 g/mol. The lowest BCUT2D eigenvalue weighted by Crippen LogP contribution is -2.49. The number of nitrogens with zero attached hydrogens (tertiary/aromatic N) is 4. The largest absolute Gasteiger partial charge is 0.360 e. The Morgan fingerprint density at radius 2 is 2.22 bits per heavy atom. The molecule has 1 aromatic heterocycles. The Morgan fingerprint density at radius 1 is 1.39 bits per heavy atom. The first-order valence-electron chi connectivity index (χ1n) is 6.68. The number of rotatable bonds is 5. The summed E-state index contributed by atoms with van der Waals surface area (Å²) >= 11 is 1.68. The zero-order valence-electron chi connectivity index (χ0n) is 11.5. The third-order valence-corrected chi connectivity index (χ3v) is 4.26. The minimum Gasteiger partial charge on any atom is -0.360 e. The zero-order valence-corrected chi connectivity index (χ0v) is 12.3. The number of aromatic nitrogens is 2. The highest BCUT2D eigenvalue weighted by Gasteiger charge is 2.21. The Hall–Kier alpha value is -0.720. The van der Waals surface area contributed by atoms with Crippen molar-refractivity contribution in [1.29, 1.82) is 0 Å². The smallest absolute Gasteiger partial charge is 0.205 e. The Balaban J connectivity index is 1.84. The lowest BCUT2D eigenvalue weighted by Gasteiger charge is -2.37. The average molecular weight is 269 g/mol. The fourth-order valence-corrected chi connectivity index (χ4v) is 2.89. The maximum atomic E-state index is 4.26. The minimum atomic E-state index is 0.629. The summed E-state index contributed by atoms with van der Waals surface area (Å²) in [6.07, 6.45) is 1.12. The molecule has 1 aliphatic heterocycles. The van der Waals surface area contributed by atoms with E-state index >= 15 is 0 Å². The van der Waals surface area contributed by atoms with Crippen molar-refractivity contribution < 1.29 is 0 Å². The van der Waals surface area contributed by atoms with Crippen LogP contribution in [-0.4, -0.2) is 59.3 Å². The monoisotopic (exact) mass is 269 g/mol. The Labute approximate surface area is 113 Å². The van der Waals surface area contributed by atoms with Crippen LogP contribution in [0.25, 0.3) is 0 Å². The van der Waals surface area contributed by atoms with Crippen LogP contribution >= 0.6 is 11.3 Å². The first kappa shape index (κ1) is 13.7. The summed E-state index contributed by atoms with van der Waals surface area (Å²) in [5.41, 5.74) is 0. The van der Waals surface area contributed by atoms with Crippen LogP contribution in [0.3, 0.4) is 0 Å². The molecule has 1 aromatic rings. The molecular formula is C12H23N5S. The van der Waals surface area contributed by atoms with E-state index in [1.54, 1.807) is 11.3 Å². The number of piperazine rings is 1. The van der Waals surface area contributed by atoms with Gasteiger partial charge in [-0.2, -0.15) is 0 Å². The van der Waals surface area contributed by atoms with Crippen molar-refractivity contribution >= 4 is 16.5 Å². The molecule has 1 atom stereocenters.